The van der Waals surface area contributed by atoms with Crippen molar-refractivity contribution in [3.05, 3.63) is 0 Å². The van der Waals surface area contributed by atoms with Crippen molar-refractivity contribution in [2.45, 2.75) is 64.0 Å². The molecule has 0 aromatic carbocycles. The van der Waals surface area contributed by atoms with Crippen molar-refractivity contribution in [2.75, 3.05) is 20.1 Å². The topological polar surface area (TPSA) is 26.3 Å². The maximum absolute atomic E-state index is 11.4. The molecule has 0 unspecified atom stereocenters. The molecule has 0 amide bonds. The van der Waals surface area contributed by atoms with E-state index >= 15 is 0 Å². The lowest BCUT2D eigenvalue weighted by molar-refractivity contribution is -0.942. The molecule has 1 saturated heterocycles. The summed E-state index contributed by atoms with van der Waals surface area (Å²) < 4.78 is 6.94. The van der Waals surface area contributed by atoms with Crippen LogP contribution in [0.4, 0.5) is 0 Å². The Kier molecular flexibility index (Phi) is 3.59. The Balaban J connectivity index is 1.77. The van der Waals surface area contributed by atoms with E-state index in [4.69, 9.17) is 4.74 Å². The fourth-order valence-electron chi connectivity index (χ4n) is 5.12. The van der Waals surface area contributed by atoms with Gasteiger partial charge in [-0.25, -0.2) is 0 Å². The van der Waals surface area contributed by atoms with Crippen molar-refractivity contribution < 1.29 is 14.0 Å². The van der Waals surface area contributed by atoms with Crippen molar-refractivity contribution >= 4 is 5.97 Å². The van der Waals surface area contributed by atoms with Crippen molar-refractivity contribution in [3.63, 3.8) is 0 Å². The number of esters is 1. The van der Waals surface area contributed by atoms with Crippen LogP contribution in [-0.2, 0) is 9.53 Å². The zero-order valence-electron chi connectivity index (χ0n) is 12.4. The number of hydrogen-bond acceptors (Lipinski definition) is 2. The fraction of sp³-hybridized carbons (Fsp3) is 0.938. The molecule has 2 saturated carbocycles. The Morgan fingerprint density at radius 2 is 1.74 bits per heavy atom. The van der Waals surface area contributed by atoms with Crippen LogP contribution in [0.2, 0.25) is 0 Å². The van der Waals surface area contributed by atoms with Gasteiger partial charge >= 0.3 is 5.97 Å². The molecule has 3 heteroatoms. The summed E-state index contributed by atoms with van der Waals surface area (Å²) in [5.41, 5.74) is 0. The molecule has 108 valence electrons. The van der Waals surface area contributed by atoms with Gasteiger partial charge in [-0.05, 0) is 44.4 Å². The van der Waals surface area contributed by atoms with Gasteiger partial charge in [-0.15, -0.1) is 0 Å². The predicted octanol–water partition coefficient (Wildman–Crippen LogP) is 2.74. The molecule has 4 atom stereocenters. The molecule has 0 radical (unpaired) electrons. The van der Waals surface area contributed by atoms with Gasteiger partial charge < -0.3 is 9.22 Å². The van der Waals surface area contributed by atoms with Crippen molar-refractivity contribution in [2.24, 2.45) is 11.8 Å². The first-order valence-corrected chi connectivity index (χ1v) is 8.11. The largest absolute Gasteiger partial charge is 0.462 e. The molecular formula is C16H28NO2+. The van der Waals surface area contributed by atoms with Crippen LogP contribution >= 0.6 is 0 Å². The summed E-state index contributed by atoms with van der Waals surface area (Å²) in [5.74, 6) is 1.20. The quantitative estimate of drug-likeness (QED) is 0.567. The first-order chi connectivity index (χ1) is 9.10. The van der Waals surface area contributed by atoms with Crippen molar-refractivity contribution in [1.82, 2.24) is 0 Å². The van der Waals surface area contributed by atoms with Gasteiger partial charge in [-0.2, -0.15) is 0 Å². The highest BCUT2D eigenvalue weighted by atomic mass is 16.5. The highest BCUT2D eigenvalue weighted by Crippen LogP contribution is 2.47. The first kappa shape index (κ1) is 13.4. The van der Waals surface area contributed by atoms with E-state index < -0.39 is 0 Å². The molecule has 0 aromatic rings. The van der Waals surface area contributed by atoms with Gasteiger partial charge in [0.2, 0.25) is 0 Å². The second-order valence-corrected chi connectivity index (χ2v) is 7.21. The summed E-state index contributed by atoms with van der Waals surface area (Å²) in [6.45, 7) is 4.23. The number of piperidine rings is 1. The first-order valence-electron chi connectivity index (χ1n) is 8.11. The van der Waals surface area contributed by atoms with Crippen LogP contribution in [0.25, 0.3) is 0 Å². The smallest absolute Gasteiger partial charge is 0.302 e. The molecule has 3 fully saturated rings. The molecule has 3 aliphatic rings. The molecule has 19 heavy (non-hydrogen) atoms. The number of fused-ring (bicyclic) bond motifs is 2. The summed E-state index contributed by atoms with van der Waals surface area (Å²) in [4.78, 5) is 11.4. The van der Waals surface area contributed by atoms with Crippen LogP contribution in [0, 0.1) is 11.8 Å². The number of carbonyl (C=O) groups is 1. The van der Waals surface area contributed by atoms with E-state index in [1.165, 1.54) is 62.5 Å². The van der Waals surface area contributed by atoms with Gasteiger partial charge in [0.25, 0.3) is 0 Å². The third kappa shape index (κ3) is 2.42. The number of carbonyl (C=O) groups excluding carboxylic acids is 1. The summed E-state index contributed by atoms with van der Waals surface area (Å²) >= 11 is 0. The van der Waals surface area contributed by atoms with E-state index in [2.05, 4.69) is 7.05 Å². The lowest BCUT2D eigenvalue weighted by Crippen LogP contribution is -2.60. The van der Waals surface area contributed by atoms with Crippen LogP contribution in [0.15, 0.2) is 0 Å². The van der Waals surface area contributed by atoms with E-state index in [0.29, 0.717) is 11.8 Å². The number of hydrogen-bond donors (Lipinski definition) is 0. The van der Waals surface area contributed by atoms with Gasteiger partial charge in [-0.3, -0.25) is 4.79 Å². The van der Waals surface area contributed by atoms with E-state index in [-0.39, 0.29) is 12.1 Å². The number of quaternary nitrogens is 1. The summed E-state index contributed by atoms with van der Waals surface area (Å²) in [6, 6.07) is 0.739. The lowest BCUT2D eigenvalue weighted by atomic mass is 9.79. The van der Waals surface area contributed by atoms with E-state index in [0.717, 1.165) is 6.04 Å². The average Bonchev–Trinajstić information content (AvgIpc) is 2.62. The third-order valence-electron chi connectivity index (χ3n) is 6.03. The number of likely N-dealkylation sites (tertiary alicyclic amines) is 1. The van der Waals surface area contributed by atoms with Crippen LogP contribution in [0.1, 0.15) is 51.9 Å². The van der Waals surface area contributed by atoms with Crippen molar-refractivity contribution in [1.29, 1.82) is 0 Å². The highest BCUT2D eigenvalue weighted by molar-refractivity contribution is 5.66. The Hall–Kier alpha value is -0.570. The zero-order valence-corrected chi connectivity index (χ0v) is 12.4. The molecule has 1 heterocycles. The highest BCUT2D eigenvalue weighted by Gasteiger charge is 2.52. The SMILES string of the molecule is CC(=O)O[C@H]1[C@H]2CC[C@H]1[C@@H]([N+]1(C)CCCCC1)CC2. The Morgan fingerprint density at radius 1 is 1.05 bits per heavy atom. The van der Waals surface area contributed by atoms with Crippen LogP contribution in [0.5, 0.6) is 0 Å². The number of ether oxygens (including phenoxy) is 1. The van der Waals surface area contributed by atoms with Gasteiger partial charge in [-0.1, -0.05) is 0 Å². The van der Waals surface area contributed by atoms with Crippen molar-refractivity contribution in [3.8, 4) is 0 Å². The van der Waals surface area contributed by atoms with Crippen LogP contribution in [0.3, 0.4) is 0 Å². The molecule has 2 aliphatic carbocycles. The zero-order chi connectivity index (χ0) is 13.5. The van der Waals surface area contributed by atoms with Gasteiger partial charge in [0.15, 0.2) is 0 Å². The molecule has 2 bridgehead atoms. The maximum Gasteiger partial charge on any atom is 0.302 e. The fourth-order valence-corrected chi connectivity index (χ4v) is 5.12. The minimum atomic E-state index is -0.0798. The van der Waals surface area contributed by atoms with E-state index in [1.54, 1.807) is 6.92 Å². The monoisotopic (exact) mass is 266 g/mol. The summed E-state index contributed by atoms with van der Waals surface area (Å²) in [7, 11) is 2.45. The molecule has 3 rings (SSSR count). The van der Waals surface area contributed by atoms with E-state index in [1.807, 2.05) is 0 Å². The van der Waals surface area contributed by atoms with Gasteiger partial charge in [0, 0.05) is 19.3 Å². The molecule has 0 spiro atoms. The second-order valence-electron chi connectivity index (χ2n) is 7.21. The summed E-state index contributed by atoms with van der Waals surface area (Å²) in [6.07, 6.45) is 9.56. The van der Waals surface area contributed by atoms with Gasteiger partial charge in [0.1, 0.15) is 6.10 Å². The Bertz CT molecular complexity index is 349. The minimum absolute atomic E-state index is 0.0798. The molecule has 3 nitrogen and oxygen atoms in total. The lowest BCUT2D eigenvalue weighted by Gasteiger charge is -2.49. The average molecular weight is 266 g/mol. The van der Waals surface area contributed by atoms with E-state index in [9.17, 15) is 4.79 Å². The maximum atomic E-state index is 11.4. The van der Waals surface area contributed by atoms with Crippen LogP contribution in [-0.4, -0.2) is 42.7 Å². The standard InChI is InChI=1S/C16H28NO2/c1-12(18)19-16-13-6-8-14(16)15(9-7-13)17(2)10-4-3-5-11-17/h13-16H,3-11H2,1-2H3/q+1/t13-,14-,15-,16-/m0/s1. The Morgan fingerprint density at radius 3 is 2.42 bits per heavy atom. The molecule has 0 aromatic heterocycles. The summed E-state index contributed by atoms with van der Waals surface area (Å²) in [5, 5.41) is 0. The Labute approximate surface area is 116 Å². The number of rotatable bonds is 2. The molecule has 0 N–H and O–H groups in total. The minimum Gasteiger partial charge on any atom is -0.462 e. The predicted molar refractivity (Wildman–Crippen MR) is 74.6 cm³/mol. The van der Waals surface area contributed by atoms with Crippen LogP contribution < -0.4 is 0 Å². The number of nitrogens with zero attached hydrogens (tertiary/aromatic N) is 1. The second kappa shape index (κ2) is 5.08. The molecular weight excluding hydrogens is 238 g/mol. The molecule has 1 aliphatic heterocycles. The normalized spacial score (nSPS) is 40.9. The third-order valence-corrected chi connectivity index (χ3v) is 6.03. The van der Waals surface area contributed by atoms with Gasteiger partial charge in [0.05, 0.1) is 26.2 Å².